The molecule has 1 aromatic carbocycles. The standard InChI is InChI=1S/C17H18F3NO/c1-3-5-12-7-8-15(21(12)16(22)6-4-2)17-13(19)9-11(18)10-14(17)20/h3-4,9-10,12,15H,1-2,5-8H2/t12-,15-/m0/s1. The molecular weight excluding hydrogens is 291 g/mol. The molecule has 2 atom stereocenters. The molecule has 0 bridgehead atoms. The predicted octanol–water partition coefficient (Wildman–Crippen LogP) is 4.29. The topological polar surface area (TPSA) is 20.3 Å². The second-order valence-electron chi connectivity index (χ2n) is 5.35. The van der Waals surface area contributed by atoms with E-state index < -0.39 is 23.5 Å². The van der Waals surface area contributed by atoms with Crippen molar-refractivity contribution in [3.05, 3.63) is 60.5 Å². The van der Waals surface area contributed by atoms with Crippen LogP contribution in [0.4, 0.5) is 13.2 Å². The number of halogens is 3. The average Bonchev–Trinajstić information content (AvgIpc) is 2.82. The number of amides is 1. The zero-order valence-electron chi connectivity index (χ0n) is 12.2. The van der Waals surface area contributed by atoms with E-state index in [9.17, 15) is 18.0 Å². The van der Waals surface area contributed by atoms with Gasteiger partial charge in [-0.05, 0) is 19.3 Å². The Morgan fingerprint density at radius 2 is 1.82 bits per heavy atom. The van der Waals surface area contributed by atoms with E-state index in [0.717, 1.165) is 0 Å². The molecule has 2 rings (SSSR count). The summed E-state index contributed by atoms with van der Waals surface area (Å²) in [6, 6.07) is 0.418. The number of nitrogens with zero attached hydrogens (tertiary/aromatic N) is 1. The van der Waals surface area contributed by atoms with Crippen LogP contribution in [-0.4, -0.2) is 16.8 Å². The van der Waals surface area contributed by atoms with Gasteiger partial charge in [-0.2, -0.15) is 0 Å². The molecule has 118 valence electrons. The van der Waals surface area contributed by atoms with Gasteiger partial charge in [-0.3, -0.25) is 4.79 Å². The van der Waals surface area contributed by atoms with Crippen LogP contribution < -0.4 is 0 Å². The minimum Gasteiger partial charge on any atom is -0.332 e. The molecule has 0 N–H and O–H groups in total. The zero-order valence-corrected chi connectivity index (χ0v) is 12.2. The second kappa shape index (κ2) is 6.81. The molecule has 0 spiro atoms. The summed E-state index contributed by atoms with van der Waals surface area (Å²) in [4.78, 5) is 13.8. The third-order valence-corrected chi connectivity index (χ3v) is 3.93. The maximum Gasteiger partial charge on any atom is 0.227 e. The molecule has 22 heavy (non-hydrogen) atoms. The molecule has 1 aliphatic heterocycles. The molecule has 0 aromatic heterocycles. The molecule has 1 amide bonds. The van der Waals surface area contributed by atoms with E-state index >= 15 is 0 Å². The summed E-state index contributed by atoms with van der Waals surface area (Å²) in [5.41, 5.74) is -0.245. The van der Waals surface area contributed by atoms with E-state index in [2.05, 4.69) is 13.2 Å². The van der Waals surface area contributed by atoms with Crippen LogP contribution in [0.15, 0.2) is 37.4 Å². The zero-order chi connectivity index (χ0) is 16.3. The lowest BCUT2D eigenvalue weighted by Gasteiger charge is -2.30. The highest BCUT2D eigenvalue weighted by molar-refractivity contribution is 5.79. The number of hydrogen-bond donors (Lipinski definition) is 0. The lowest BCUT2D eigenvalue weighted by Crippen LogP contribution is -2.37. The van der Waals surface area contributed by atoms with Crippen LogP contribution in [0, 0.1) is 17.5 Å². The molecule has 5 heteroatoms. The Morgan fingerprint density at radius 3 is 2.36 bits per heavy atom. The fraction of sp³-hybridized carbons (Fsp3) is 0.353. The van der Waals surface area contributed by atoms with Crippen molar-refractivity contribution in [1.82, 2.24) is 4.90 Å². The Morgan fingerprint density at radius 1 is 1.18 bits per heavy atom. The van der Waals surface area contributed by atoms with Crippen molar-refractivity contribution in [3.8, 4) is 0 Å². The Kier molecular flexibility index (Phi) is 5.06. The number of likely N-dealkylation sites (tertiary alicyclic amines) is 1. The van der Waals surface area contributed by atoms with Gasteiger partial charge in [-0.1, -0.05) is 12.2 Å². The monoisotopic (exact) mass is 309 g/mol. The molecule has 0 saturated carbocycles. The van der Waals surface area contributed by atoms with Gasteiger partial charge in [0.05, 0.1) is 6.04 Å². The molecule has 1 aromatic rings. The highest BCUT2D eigenvalue weighted by Crippen LogP contribution is 2.40. The fourth-order valence-corrected chi connectivity index (χ4v) is 3.07. The number of carbonyl (C=O) groups excluding carboxylic acids is 1. The van der Waals surface area contributed by atoms with Gasteiger partial charge in [0.25, 0.3) is 0 Å². The van der Waals surface area contributed by atoms with E-state index in [1.54, 1.807) is 6.08 Å². The summed E-state index contributed by atoms with van der Waals surface area (Å²) in [7, 11) is 0. The quantitative estimate of drug-likeness (QED) is 0.743. The van der Waals surface area contributed by atoms with Gasteiger partial charge >= 0.3 is 0 Å². The highest BCUT2D eigenvalue weighted by Gasteiger charge is 2.39. The maximum absolute atomic E-state index is 14.0. The number of rotatable bonds is 5. The summed E-state index contributed by atoms with van der Waals surface area (Å²) in [5, 5.41) is 0. The van der Waals surface area contributed by atoms with Gasteiger partial charge in [0.1, 0.15) is 17.5 Å². The van der Waals surface area contributed by atoms with E-state index in [1.165, 1.54) is 11.0 Å². The Hall–Kier alpha value is -2.04. The van der Waals surface area contributed by atoms with Crippen molar-refractivity contribution in [1.29, 1.82) is 0 Å². The van der Waals surface area contributed by atoms with Crippen molar-refractivity contribution >= 4 is 5.91 Å². The van der Waals surface area contributed by atoms with Crippen LogP contribution in [0.1, 0.15) is 37.3 Å². The fourth-order valence-electron chi connectivity index (χ4n) is 3.07. The summed E-state index contributed by atoms with van der Waals surface area (Å²) in [6.45, 7) is 7.17. The van der Waals surface area contributed by atoms with Gasteiger partial charge in [0, 0.05) is 30.2 Å². The molecule has 1 aliphatic rings. The first-order valence-corrected chi connectivity index (χ1v) is 7.17. The number of benzene rings is 1. The highest BCUT2D eigenvalue weighted by atomic mass is 19.1. The molecule has 0 unspecified atom stereocenters. The molecule has 1 heterocycles. The van der Waals surface area contributed by atoms with Gasteiger partial charge in [0.2, 0.25) is 5.91 Å². The van der Waals surface area contributed by atoms with E-state index in [4.69, 9.17) is 0 Å². The maximum atomic E-state index is 14.0. The molecule has 0 radical (unpaired) electrons. The van der Waals surface area contributed by atoms with E-state index in [-0.39, 0.29) is 23.9 Å². The normalized spacial score (nSPS) is 21.0. The van der Waals surface area contributed by atoms with Gasteiger partial charge in [0.15, 0.2) is 0 Å². The van der Waals surface area contributed by atoms with Gasteiger partial charge < -0.3 is 4.90 Å². The number of hydrogen-bond acceptors (Lipinski definition) is 1. The average molecular weight is 309 g/mol. The molecule has 1 saturated heterocycles. The van der Waals surface area contributed by atoms with E-state index in [0.29, 0.717) is 31.4 Å². The summed E-state index contributed by atoms with van der Waals surface area (Å²) in [5.74, 6) is -3.13. The smallest absolute Gasteiger partial charge is 0.227 e. The lowest BCUT2D eigenvalue weighted by molar-refractivity contribution is -0.133. The molecule has 0 aliphatic carbocycles. The molecule has 1 fully saturated rings. The van der Waals surface area contributed by atoms with Crippen molar-refractivity contribution in [2.75, 3.05) is 0 Å². The first-order chi connectivity index (χ1) is 10.5. The van der Waals surface area contributed by atoms with Crippen molar-refractivity contribution < 1.29 is 18.0 Å². The van der Waals surface area contributed by atoms with Crippen LogP contribution in [0.2, 0.25) is 0 Å². The lowest BCUT2D eigenvalue weighted by atomic mass is 10.0. The Labute approximate surface area is 127 Å². The second-order valence-corrected chi connectivity index (χ2v) is 5.35. The number of carbonyl (C=O) groups is 1. The minimum atomic E-state index is -0.969. The SMILES string of the molecule is C=CCC(=O)N1[C@@H](CC=C)CC[C@H]1c1c(F)cc(F)cc1F. The molecular formula is C17H18F3NO. The van der Waals surface area contributed by atoms with Crippen LogP contribution in [0.25, 0.3) is 0 Å². The third kappa shape index (κ3) is 3.08. The summed E-state index contributed by atoms with van der Waals surface area (Å²) in [6.07, 6.45) is 4.83. The van der Waals surface area contributed by atoms with E-state index in [1.807, 2.05) is 0 Å². The van der Waals surface area contributed by atoms with Crippen molar-refractivity contribution in [2.45, 2.75) is 37.8 Å². The molecule has 2 nitrogen and oxygen atoms in total. The van der Waals surface area contributed by atoms with Crippen LogP contribution >= 0.6 is 0 Å². The first kappa shape index (κ1) is 16.3. The van der Waals surface area contributed by atoms with Crippen LogP contribution in [0.5, 0.6) is 0 Å². The van der Waals surface area contributed by atoms with Crippen LogP contribution in [-0.2, 0) is 4.79 Å². The minimum absolute atomic E-state index is 0.0918. The largest absolute Gasteiger partial charge is 0.332 e. The van der Waals surface area contributed by atoms with Crippen molar-refractivity contribution in [2.24, 2.45) is 0 Å². The van der Waals surface area contributed by atoms with Crippen LogP contribution in [0.3, 0.4) is 0 Å². The third-order valence-electron chi connectivity index (χ3n) is 3.93. The Balaban J connectivity index is 2.42. The first-order valence-electron chi connectivity index (χ1n) is 7.17. The van der Waals surface area contributed by atoms with Crippen molar-refractivity contribution in [3.63, 3.8) is 0 Å². The Bertz CT molecular complexity index is 577. The van der Waals surface area contributed by atoms with Gasteiger partial charge in [-0.25, -0.2) is 13.2 Å². The summed E-state index contributed by atoms with van der Waals surface area (Å²) >= 11 is 0. The predicted molar refractivity (Wildman–Crippen MR) is 78.6 cm³/mol. The van der Waals surface area contributed by atoms with Gasteiger partial charge in [-0.15, -0.1) is 13.2 Å². The summed E-state index contributed by atoms with van der Waals surface area (Å²) < 4.78 is 41.2.